The molecule has 2 amide bonds. The summed E-state index contributed by atoms with van der Waals surface area (Å²) >= 11 is 1.57. The standard InChI is InChI=1S/C21H23N7O2S/c1-12-7-8-31-18(12)10-24-20(29)16-9-17(26-11-25-16)21(30)27-13(2)14-3-5-15(6-4-14)19(22)28-23/h3-9,11,13H,10,23H2,1-2H3,(H2,22,28)(H,24,29)(H,27,30). The van der Waals surface area contributed by atoms with Gasteiger partial charge >= 0.3 is 0 Å². The van der Waals surface area contributed by atoms with Gasteiger partial charge in [-0.2, -0.15) is 5.10 Å². The number of carbonyl (C=O) groups excluding carboxylic acids is 2. The molecular formula is C21H23N7O2S. The van der Waals surface area contributed by atoms with Gasteiger partial charge in [0.1, 0.15) is 23.6 Å². The van der Waals surface area contributed by atoms with Crippen molar-refractivity contribution in [3.8, 4) is 0 Å². The lowest BCUT2D eigenvalue weighted by atomic mass is 10.1. The van der Waals surface area contributed by atoms with Crippen molar-refractivity contribution in [3.63, 3.8) is 0 Å². The van der Waals surface area contributed by atoms with Gasteiger partial charge in [0.25, 0.3) is 11.8 Å². The molecule has 0 aliphatic heterocycles. The number of benzene rings is 1. The van der Waals surface area contributed by atoms with Crippen LogP contribution in [0.4, 0.5) is 0 Å². The Balaban J connectivity index is 1.64. The van der Waals surface area contributed by atoms with Crippen LogP contribution in [0.5, 0.6) is 0 Å². The number of hydrogen-bond acceptors (Lipinski definition) is 7. The van der Waals surface area contributed by atoms with Crippen LogP contribution >= 0.6 is 11.3 Å². The number of aromatic nitrogens is 2. The number of amides is 2. The lowest BCUT2D eigenvalue weighted by Gasteiger charge is -2.14. The fraction of sp³-hybridized carbons (Fsp3) is 0.190. The number of carbonyl (C=O) groups is 2. The van der Waals surface area contributed by atoms with Crippen molar-refractivity contribution in [3.05, 3.63) is 81.1 Å². The maximum atomic E-state index is 12.6. The normalized spacial score (nSPS) is 12.3. The van der Waals surface area contributed by atoms with E-state index in [0.717, 1.165) is 16.0 Å². The van der Waals surface area contributed by atoms with Gasteiger partial charge in [-0.15, -0.1) is 11.3 Å². The second-order valence-electron chi connectivity index (χ2n) is 6.83. The topological polar surface area (TPSA) is 148 Å². The maximum absolute atomic E-state index is 12.6. The SMILES string of the molecule is Cc1ccsc1CNC(=O)c1cc(C(=O)NC(C)c2ccc(/C(N)=N/N)cc2)ncn1. The van der Waals surface area contributed by atoms with Crippen molar-refractivity contribution in [2.24, 2.45) is 16.7 Å². The highest BCUT2D eigenvalue weighted by Crippen LogP contribution is 2.16. The molecule has 0 aliphatic rings. The maximum Gasteiger partial charge on any atom is 0.270 e. The molecule has 31 heavy (non-hydrogen) atoms. The third-order valence-corrected chi connectivity index (χ3v) is 5.73. The van der Waals surface area contributed by atoms with Crippen LogP contribution in [0.15, 0.2) is 53.2 Å². The van der Waals surface area contributed by atoms with Gasteiger partial charge in [0, 0.05) is 16.5 Å². The Morgan fingerprint density at radius 2 is 1.81 bits per heavy atom. The Bertz CT molecular complexity index is 1110. The first-order valence-electron chi connectivity index (χ1n) is 9.46. The van der Waals surface area contributed by atoms with Crippen molar-refractivity contribution < 1.29 is 9.59 Å². The van der Waals surface area contributed by atoms with E-state index in [1.807, 2.05) is 37.4 Å². The summed E-state index contributed by atoms with van der Waals surface area (Å²) < 4.78 is 0. The van der Waals surface area contributed by atoms with E-state index in [0.29, 0.717) is 12.1 Å². The van der Waals surface area contributed by atoms with Crippen LogP contribution in [0, 0.1) is 6.92 Å². The number of hydrogen-bond donors (Lipinski definition) is 4. The van der Waals surface area contributed by atoms with Gasteiger partial charge in [-0.25, -0.2) is 9.97 Å². The van der Waals surface area contributed by atoms with Crippen molar-refractivity contribution in [1.29, 1.82) is 0 Å². The van der Waals surface area contributed by atoms with Crippen LogP contribution in [-0.4, -0.2) is 27.6 Å². The zero-order chi connectivity index (χ0) is 22.4. The van der Waals surface area contributed by atoms with E-state index in [9.17, 15) is 9.59 Å². The van der Waals surface area contributed by atoms with E-state index in [2.05, 4.69) is 25.7 Å². The molecule has 9 nitrogen and oxygen atoms in total. The predicted molar refractivity (Wildman–Crippen MR) is 119 cm³/mol. The Labute approximate surface area is 183 Å². The van der Waals surface area contributed by atoms with E-state index >= 15 is 0 Å². The van der Waals surface area contributed by atoms with Crippen LogP contribution in [0.1, 0.15) is 55.5 Å². The molecule has 3 aromatic rings. The third kappa shape index (κ3) is 5.43. The Hall–Kier alpha value is -3.79. The van der Waals surface area contributed by atoms with Gasteiger partial charge in [0.2, 0.25) is 0 Å². The predicted octanol–water partition coefficient (Wildman–Crippen LogP) is 1.85. The summed E-state index contributed by atoms with van der Waals surface area (Å²) in [4.78, 5) is 34.1. The number of hydrazone groups is 1. The molecule has 0 fully saturated rings. The minimum absolute atomic E-state index is 0.107. The number of amidine groups is 1. The van der Waals surface area contributed by atoms with Gasteiger partial charge in [-0.05, 0) is 36.4 Å². The number of nitrogens with two attached hydrogens (primary N) is 2. The summed E-state index contributed by atoms with van der Waals surface area (Å²) in [5.41, 5.74) is 8.58. The molecule has 6 N–H and O–H groups in total. The second kappa shape index (κ2) is 9.81. The number of thiophene rings is 1. The largest absolute Gasteiger partial charge is 0.382 e. The molecule has 2 aromatic heterocycles. The fourth-order valence-corrected chi connectivity index (χ4v) is 3.66. The minimum Gasteiger partial charge on any atom is -0.382 e. The molecular weight excluding hydrogens is 414 g/mol. The number of rotatable bonds is 7. The quantitative estimate of drug-likeness (QED) is 0.192. The first kappa shape index (κ1) is 21.9. The highest BCUT2D eigenvalue weighted by molar-refractivity contribution is 7.10. The Kier molecular flexibility index (Phi) is 6.93. The molecule has 0 bridgehead atoms. The minimum atomic E-state index is -0.412. The Morgan fingerprint density at radius 1 is 1.13 bits per heavy atom. The number of aryl methyl sites for hydroxylation is 1. The van der Waals surface area contributed by atoms with Crippen molar-refractivity contribution in [1.82, 2.24) is 20.6 Å². The van der Waals surface area contributed by atoms with Crippen LogP contribution in [0.3, 0.4) is 0 Å². The molecule has 160 valence electrons. The van der Waals surface area contributed by atoms with Crippen LogP contribution in [0.25, 0.3) is 0 Å². The summed E-state index contributed by atoms with van der Waals surface area (Å²) in [6.07, 6.45) is 1.20. The van der Waals surface area contributed by atoms with Crippen molar-refractivity contribution >= 4 is 29.0 Å². The lowest BCUT2D eigenvalue weighted by molar-refractivity contribution is 0.0934. The molecule has 0 radical (unpaired) electrons. The van der Waals surface area contributed by atoms with Crippen LogP contribution in [0.2, 0.25) is 0 Å². The molecule has 1 aromatic carbocycles. The van der Waals surface area contributed by atoms with E-state index in [1.165, 1.54) is 12.4 Å². The molecule has 0 spiro atoms. The second-order valence-corrected chi connectivity index (χ2v) is 7.83. The third-order valence-electron chi connectivity index (χ3n) is 4.70. The monoisotopic (exact) mass is 437 g/mol. The zero-order valence-electron chi connectivity index (χ0n) is 17.1. The molecule has 10 heteroatoms. The fourth-order valence-electron chi connectivity index (χ4n) is 2.81. The van der Waals surface area contributed by atoms with Gasteiger partial charge in [0.05, 0.1) is 12.6 Å². The van der Waals surface area contributed by atoms with E-state index < -0.39 is 5.91 Å². The smallest absolute Gasteiger partial charge is 0.270 e. The van der Waals surface area contributed by atoms with Crippen molar-refractivity contribution in [2.45, 2.75) is 26.4 Å². The first-order valence-corrected chi connectivity index (χ1v) is 10.3. The van der Waals surface area contributed by atoms with E-state index in [-0.39, 0.29) is 29.2 Å². The highest BCUT2D eigenvalue weighted by atomic mass is 32.1. The molecule has 0 aliphatic carbocycles. The van der Waals surface area contributed by atoms with Crippen molar-refractivity contribution in [2.75, 3.05) is 0 Å². The first-order chi connectivity index (χ1) is 14.9. The average molecular weight is 438 g/mol. The summed E-state index contributed by atoms with van der Waals surface area (Å²) in [6.45, 7) is 4.23. The van der Waals surface area contributed by atoms with Gasteiger partial charge in [-0.3, -0.25) is 9.59 Å². The van der Waals surface area contributed by atoms with E-state index in [1.54, 1.807) is 23.5 Å². The summed E-state index contributed by atoms with van der Waals surface area (Å²) in [7, 11) is 0. The molecule has 1 unspecified atom stereocenters. The molecule has 0 saturated carbocycles. The average Bonchev–Trinajstić information content (AvgIpc) is 3.21. The summed E-state index contributed by atoms with van der Waals surface area (Å²) in [6, 6.07) is 10.3. The summed E-state index contributed by atoms with van der Waals surface area (Å²) in [5, 5.41) is 11.1. The van der Waals surface area contributed by atoms with Gasteiger partial charge in [0.15, 0.2) is 0 Å². The van der Waals surface area contributed by atoms with Gasteiger partial charge < -0.3 is 22.2 Å². The highest BCUT2D eigenvalue weighted by Gasteiger charge is 2.16. The summed E-state index contributed by atoms with van der Waals surface area (Å²) in [5.74, 6) is 4.63. The Morgan fingerprint density at radius 3 is 2.42 bits per heavy atom. The van der Waals surface area contributed by atoms with Gasteiger partial charge in [-0.1, -0.05) is 24.3 Å². The lowest BCUT2D eigenvalue weighted by Crippen LogP contribution is -2.29. The number of nitrogens with one attached hydrogen (secondary N) is 2. The molecule has 0 saturated heterocycles. The van der Waals surface area contributed by atoms with Crippen LogP contribution < -0.4 is 22.2 Å². The molecule has 1 atom stereocenters. The molecule has 2 heterocycles. The molecule has 3 rings (SSSR count). The zero-order valence-corrected chi connectivity index (χ0v) is 17.9. The number of nitrogens with zero attached hydrogens (tertiary/aromatic N) is 3. The van der Waals surface area contributed by atoms with Crippen LogP contribution in [-0.2, 0) is 6.54 Å². The van der Waals surface area contributed by atoms with E-state index in [4.69, 9.17) is 11.6 Å².